The fourth-order valence-electron chi connectivity index (χ4n) is 2.01. The Bertz CT molecular complexity index is 150. The summed E-state index contributed by atoms with van der Waals surface area (Å²) in [5.41, 5.74) is -0.0131. The van der Waals surface area contributed by atoms with E-state index in [1.165, 1.54) is 0 Å². The van der Waals surface area contributed by atoms with Crippen LogP contribution in [0.4, 0.5) is 4.39 Å². The second kappa shape index (κ2) is 3.33. The Morgan fingerprint density at radius 2 is 1.83 bits per heavy atom. The first-order valence-corrected chi connectivity index (χ1v) is 4.73. The third kappa shape index (κ3) is 2.19. The summed E-state index contributed by atoms with van der Waals surface area (Å²) in [4.78, 5) is 0. The van der Waals surface area contributed by atoms with Gasteiger partial charge < -0.3 is 5.11 Å². The van der Waals surface area contributed by atoms with Crippen LogP contribution < -0.4 is 0 Å². The molecule has 1 aliphatic rings. The summed E-state index contributed by atoms with van der Waals surface area (Å²) in [6, 6.07) is 0. The van der Waals surface area contributed by atoms with E-state index in [-0.39, 0.29) is 17.4 Å². The number of halogens is 1. The summed E-state index contributed by atoms with van der Waals surface area (Å²) < 4.78 is 13.4. The summed E-state index contributed by atoms with van der Waals surface area (Å²) in [5, 5.41) is 9.39. The molecule has 0 saturated heterocycles. The lowest BCUT2D eigenvalue weighted by molar-refractivity contribution is 0.00277. The monoisotopic (exact) mass is 174 g/mol. The van der Waals surface area contributed by atoms with Crippen molar-refractivity contribution in [1.29, 1.82) is 0 Å². The van der Waals surface area contributed by atoms with Crippen LogP contribution in [0.25, 0.3) is 0 Å². The van der Waals surface area contributed by atoms with Gasteiger partial charge in [-0.25, -0.2) is 4.39 Å². The predicted octanol–water partition coefficient (Wildman–Crippen LogP) is 2.53. The molecular formula is C10H19FO. The van der Waals surface area contributed by atoms with E-state index in [1.807, 2.05) is 20.8 Å². The zero-order valence-electron chi connectivity index (χ0n) is 8.18. The highest BCUT2D eigenvalue weighted by Crippen LogP contribution is 2.39. The number of hydrogen-bond donors (Lipinski definition) is 1. The second-order valence-corrected chi connectivity index (χ2v) is 4.96. The Balaban J connectivity index is 2.61. The molecular weight excluding hydrogens is 155 g/mol. The van der Waals surface area contributed by atoms with Gasteiger partial charge in [0, 0.05) is 0 Å². The fourth-order valence-corrected chi connectivity index (χ4v) is 2.01. The normalized spacial score (nSPS) is 38.2. The van der Waals surface area contributed by atoms with Gasteiger partial charge in [0.25, 0.3) is 0 Å². The summed E-state index contributed by atoms with van der Waals surface area (Å²) in [6.45, 7) is 6.13. The first kappa shape index (κ1) is 9.97. The van der Waals surface area contributed by atoms with Crippen LogP contribution >= 0.6 is 0 Å². The van der Waals surface area contributed by atoms with Crippen molar-refractivity contribution in [2.24, 2.45) is 11.3 Å². The Kier molecular flexibility index (Phi) is 2.77. The molecule has 0 heterocycles. The van der Waals surface area contributed by atoms with Gasteiger partial charge in [0.15, 0.2) is 0 Å². The highest BCUT2D eigenvalue weighted by molar-refractivity contribution is 4.86. The van der Waals surface area contributed by atoms with E-state index in [0.29, 0.717) is 19.3 Å². The molecule has 1 fully saturated rings. The second-order valence-electron chi connectivity index (χ2n) is 4.96. The van der Waals surface area contributed by atoms with Gasteiger partial charge in [-0.05, 0) is 30.6 Å². The SMILES string of the molecule is CC(C)(C)C1CC(O)CCC1F. The fraction of sp³-hybridized carbons (Fsp3) is 1.00. The molecule has 12 heavy (non-hydrogen) atoms. The maximum atomic E-state index is 13.4. The molecule has 0 aliphatic heterocycles. The average Bonchev–Trinajstić information content (AvgIpc) is 1.92. The maximum Gasteiger partial charge on any atom is 0.104 e. The highest BCUT2D eigenvalue weighted by Gasteiger charge is 2.37. The van der Waals surface area contributed by atoms with E-state index in [2.05, 4.69) is 0 Å². The van der Waals surface area contributed by atoms with Gasteiger partial charge in [-0.3, -0.25) is 0 Å². The number of alkyl halides is 1. The smallest absolute Gasteiger partial charge is 0.104 e. The molecule has 72 valence electrons. The van der Waals surface area contributed by atoms with E-state index < -0.39 is 6.17 Å². The molecule has 1 saturated carbocycles. The van der Waals surface area contributed by atoms with Crippen LogP contribution in [-0.2, 0) is 0 Å². The van der Waals surface area contributed by atoms with Crippen LogP contribution in [-0.4, -0.2) is 17.4 Å². The Morgan fingerprint density at radius 3 is 2.25 bits per heavy atom. The number of aliphatic hydroxyl groups is 1. The van der Waals surface area contributed by atoms with Crippen molar-refractivity contribution < 1.29 is 9.50 Å². The molecule has 1 nitrogen and oxygen atoms in total. The quantitative estimate of drug-likeness (QED) is 0.598. The van der Waals surface area contributed by atoms with E-state index >= 15 is 0 Å². The van der Waals surface area contributed by atoms with E-state index in [0.717, 1.165) is 0 Å². The van der Waals surface area contributed by atoms with Gasteiger partial charge in [0.05, 0.1) is 6.10 Å². The Hall–Kier alpha value is -0.110. The van der Waals surface area contributed by atoms with Crippen LogP contribution in [0.5, 0.6) is 0 Å². The average molecular weight is 174 g/mol. The standard InChI is InChI=1S/C10H19FO/c1-10(2,3)8-6-7(12)4-5-9(8)11/h7-9,12H,4-6H2,1-3H3. The van der Waals surface area contributed by atoms with Crippen LogP contribution in [0, 0.1) is 11.3 Å². The first-order valence-electron chi connectivity index (χ1n) is 4.73. The summed E-state index contributed by atoms with van der Waals surface area (Å²) in [7, 11) is 0. The van der Waals surface area contributed by atoms with Gasteiger partial charge in [0.1, 0.15) is 6.17 Å². The van der Waals surface area contributed by atoms with Crippen LogP contribution in [0.1, 0.15) is 40.0 Å². The molecule has 1 rings (SSSR count). The minimum Gasteiger partial charge on any atom is -0.393 e. The molecule has 2 heteroatoms. The lowest BCUT2D eigenvalue weighted by atomic mass is 9.70. The summed E-state index contributed by atoms with van der Waals surface area (Å²) in [5.74, 6) is 0.0289. The van der Waals surface area contributed by atoms with Crippen molar-refractivity contribution in [3.8, 4) is 0 Å². The molecule has 3 atom stereocenters. The topological polar surface area (TPSA) is 20.2 Å². The van der Waals surface area contributed by atoms with Crippen molar-refractivity contribution in [2.75, 3.05) is 0 Å². The van der Waals surface area contributed by atoms with Crippen LogP contribution in [0.15, 0.2) is 0 Å². The summed E-state index contributed by atoms with van der Waals surface area (Å²) in [6.07, 6.45) is 0.802. The van der Waals surface area contributed by atoms with E-state index in [1.54, 1.807) is 0 Å². The molecule has 0 aromatic heterocycles. The van der Waals surface area contributed by atoms with Crippen molar-refractivity contribution in [3.05, 3.63) is 0 Å². The largest absolute Gasteiger partial charge is 0.393 e. The lowest BCUT2D eigenvalue weighted by Gasteiger charge is -2.38. The zero-order valence-corrected chi connectivity index (χ0v) is 8.18. The first-order chi connectivity index (χ1) is 5.41. The molecule has 3 unspecified atom stereocenters. The van der Waals surface area contributed by atoms with Crippen molar-refractivity contribution >= 4 is 0 Å². The van der Waals surface area contributed by atoms with Crippen LogP contribution in [0.3, 0.4) is 0 Å². The number of hydrogen-bond acceptors (Lipinski definition) is 1. The molecule has 0 radical (unpaired) electrons. The predicted molar refractivity (Wildman–Crippen MR) is 47.7 cm³/mol. The van der Waals surface area contributed by atoms with Gasteiger partial charge in [0.2, 0.25) is 0 Å². The number of aliphatic hydroxyl groups excluding tert-OH is 1. The summed E-state index contributed by atoms with van der Waals surface area (Å²) >= 11 is 0. The Morgan fingerprint density at radius 1 is 1.25 bits per heavy atom. The van der Waals surface area contributed by atoms with E-state index in [4.69, 9.17) is 0 Å². The third-order valence-electron chi connectivity index (χ3n) is 2.85. The Labute approximate surface area is 74.0 Å². The lowest BCUT2D eigenvalue weighted by Crippen LogP contribution is -2.37. The van der Waals surface area contributed by atoms with Crippen LogP contribution in [0.2, 0.25) is 0 Å². The molecule has 0 amide bonds. The number of rotatable bonds is 0. The van der Waals surface area contributed by atoms with E-state index in [9.17, 15) is 9.50 Å². The molecule has 0 bridgehead atoms. The van der Waals surface area contributed by atoms with Gasteiger partial charge in [-0.1, -0.05) is 20.8 Å². The molecule has 0 aromatic rings. The molecule has 1 aliphatic carbocycles. The minimum atomic E-state index is -0.714. The van der Waals surface area contributed by atoms with Gasteiger partial charge >= 0.3 is 0 Å². The minimum absolute atomic E-state index is 0.0131. The molecule has 1 N–H and O–H groups in total. The highest BCUT2D eigenvalue weighted by atomic mass is 19.1. The molecule has 0 aromatic carbocycles. The van der Waals surface area contributed by atoms with Gasteiger partial charge in [-0.15, -0.1) is 0 Å². The van der Waals surface area contributed by atoms with Crippen molar-refractivity contribution in [2.45, 2.75) is 52.3 Å². The van der Waals surface area contributed by atoms with Gasteiger partial charge in [-0.2, -0.15) is 0 Å². The third-order valence-corrected chi connectivity index (χ3v) is 2.85. The van der Waals surface area contributed by atoms with Crippen molar-refractivity contribution in [1.82, 2.24) is 0 Å². The zero-order chi connectivity index (χ0) is 9.35. The maximum absolute atomic E-state index is 13.4. The van der Waals surface area contributed by atoms with Crippen molar-refractivity contribution in [3.63, 3.8) is 0 Å². The molecule has 0 spiro atoms.